The summed E-state index contributed by atoms with van der Waals surface area (Å²) in [5.74, 6) is 0.832. The van der Waals surface area contributed by atoms with E-state index in [2.05, 4.69) is 46.2 Å². The number of rotatable bonds is 4. The second-order valence-electron chi connectivity index (χ2n) is 6.82. The van der Waals surface area contributed by atoms with Crippen LogP contribution in [0.2, 0.25) is 0 Å². The van der Waals surface area contributed by atoms with Crippen LogP contribution in [0.4, 0.5) is 0 Å². The van der Waals surface area contributed by atoms with Crippen molar-refractivity contribution < 1.29 is 0 Å². The molecule has 0 radical (unpaired) electrons. The molecule has 2 aliphatic rings. The molecule has 0 bridgehead atoms. The summed E-state index contributed by atoms with van der Waals surface area (Å²) >= 11 is 0. The number of imidazole rings is 1. The fourth-order valence-corrected chi connectivity index (χ4v) is 4.50. The standard InChI is InChI=1S/C19H25N3/c1-20-17(14-7-3-2-4-8-14)11-18-15-9-5-6-10-16(15)19-12-21-13-22(18)19/h5-6,9-10,12-14,17-18,20H,2-4,7-8,11H2,1H3. The molecule has 2 atom stereocenters. The number of nitrogens with one attached hydrogen (secondary N) is 1. The zero-order valence-corrected chi connectivity index (χ0v) is 13.3. The summed E-state index contributed by atoms with van der Waals surface area (Å²) in [6.45, 7) is 0. The highest BCUT2D eigenvalue weighted by Crippen LogP contribution is 2.42. The third-order valence-corrected chi connectivity index (χ3v) is 5.66. The van der Waals surface area contributed by atoms with Gasteiger partial charge >= 0.3 is 0 Å². The largest absolute Gasteiger partial charge is 0.323 e. The van der Waals surface area contributed by atoms with Crippen LogP contribution >= 0.6 is 0 Å². The van der Waals surface area contributed by atoms with Gasteiger partial charge in [0.25, 0.3) is 0 Å². The topological polar surface area (TPSA) is 29.9 Å². The molecule has 4 rings (SSSR count). The van der Waals surface area contributed by atoms with Crippen LogP contribution in [0.15, 0.2) is 36.8 Å². The summed E-state index contributed by atoms with van der Waals surface area (Å²) in [5.41, 5.74) is 4.11. The number of hydrogen-bond donors (Lipinski definition) is 1. The molecule has 1 aliphatic heterocycles. The van der Waals surface area contributed by atoms with E-state index in [-0.39, 0.29) is 0 Å². The number of nitrogens with zero attached hydrogens (tertiary/aromatic N) is 2. The lowest BCUT2D eigenvalue weighted by atomic mass is 9.81. The van der Waals surface area contributed by atoms with Crippen LogP contribution in [0, 0.1) is 5.92 Å². The predicted molar refractivity (Wildman–Crippen MR) is 89.8 cm³/mol. The maximum atomic E-state index is 4.38. The molecule has 0 spiro atoms. The first-order valence-electron chi connectivity index (χ1n) is 8.67. The van der Waals surface area contributed by atoms with Gasteiger partial charge in [-0.25, -0.2) is 4.98 Å². The van der Waals surface area contributed by atoms with Crippen molar-refractivity contribution in [1.29, 1.82) is 0 Å². The maximum Gasteiger partial charge on any atom is 0.0956 e. The molecule has 1 aliphatic carbocycles. The number of benzene rings is 1. The van der Waals surface area contributed by atoms with E-state index in [0.717, 1.165) is 5.92 Å². The first-order valence-corrected chi connectivity index (χ1v) is 8.67. The van der Waals surface area contributed by atoms with Crippen LogP contribution in [-0.2, 0) is 0 Å². The molecule has 3 nitrogen and oxygen atoms in total. The average molecular weight is 295 g/mol. The smallest absolute Gasteiger partial charge is 0.0956 e. The Morgan fingerprint density at radius 1 is 1.23 bits per heavy atom. The van der Waals surface area contributed by atoms with Crippen LogP contribution in [-0.4, -0.2) is 22.6 Å². The van der Waals surface area contributed by atoms with Gasteiger partial charge in [-0.2, -0.15) is 0 Å². The van der Waals surface area contributed by atoms with Gasteiger partial charge < -0.3 is 9.88 Å². The third-order valence-electron chi connectivity index (χ3n) is 5.66. The summed E-state index contributed by atoms with van der Waals surface area (Å²) in [6, 6.07) is 9.87. The first kappa shape index (κ1) is 14.0. The van der Waals surface area contributed by atoms with E-state index in [9.17, 15) is 0 Å². The highest BCUT2D eigenvalue weighted by atomic mass is 15.1. The van der Waals surface area contributed by atoms with Crippen molar-refractivity contribution in [3.63, 3.8) is 0 Å². The molecular formula is C19H25N3. The van der Waals surface area contributed by atoms with E-state index >= 15 is 0 Å². The molecule has 3 heteroatoms. The van der Waals surface area contributed by atoms with E-state index in [1.54, 1.807) is 0 Å². The summed E-state index contributed by atoms with van der Waals surface area (Å²) in [6.07, 6.45) is 12.2. The third kappa shape index (κ3) is 2.28. The molecule has 1 saturated carbocycles. The molecule has 1 N–H and O–H groups in total. The van der Waals surface area contributed by atoms with Crippen molar-refractivity contribution in [3.05, 3.63) is 42.4 Å². The monoisotopic (exact) mass is 295 g/mol. The Bertz CT molecular complexity index is 640. The van der Waals surface area contributed by atoms with Crippen molar-refractivity contribution in [3.8, 4) is 11.3 Å². The van der Waals surface area contributed by atoms with Gasteiger partial charge in [-0.3, -0.25) is 0 Å². The second-order valence-corrected chi connectivity index (χ2v) is 6.82. The van der Waals surface area contributed by atoms with Crippen molar-refractivity contribution in [2.75, 3.05) is 7.05 Å². The molecule has 1 fully saturated rings. The van der Waals surface area contributed by atoms with Gasteiger partial charge in [-0.05, 0) is 37.8 Å². The van der Waals surface area contributed by atoms with Crippen LogP contribution in [0.25, 0.3) is 11.3 Å². The normalized spacial score (nSPS) is 22.3. The van der Waals surface area contributed by atoms with Crippen LogP contribution in [0.3, 0.4) is 0 Å². The molecule has 2 heterocycles. The van der Waals surface area contributed by atoms with Crippen LogP contribution in [0.5, 0.6) is 0 Å². The number of fused-ring (bicyclic) bond motifs is 3. The molecule has 1 aromatic heterocycles. The Labute approximate surface area is 132 Å². The van der Waals surface area contributed by atoms with Gasteiger partial charge in [0, 0.05) is 11.6 Å². The fraction of sp³-hybridized carbons (Fsp3) is 0.526. The highest BCUT2D eigenvalue weighted by Gasteiger charge is 2.32. The van der Waals surface area contributed by atoms with E-state index in [0.29, 0.717) is 12.1 Å². The maximum absolute atomic E-state index is 4.38. The summed E-state index contributed by atoms with van der Waals surface area (Å²) in [5, 5.41) is 3.62. The Morgan fingerprint density at radius 2 is 2.05 bits per heavy atom. The lowest BCUT2D eigenvalue weighted by molar-refractivity contribution is 0.253. The predicted octanol–water partition coefficient (Wildman–Crippen LogP) is 4.01. The second kappa shape index (κ2) is 5.88. The first-order chi connectivity index (χ1) is 10.9. The zero-order chi connectivity index (χ0) is 14.9. The summed E-state index contributed by atoms with van der Waals surface area (Å²) in [4.78, 5) is 4.38. The Morgan fingerprint density at radius 3 is 2.86 bits per heavy atom. The highest BCUT2D eigenvalue weighted by molar-refractivity contribution is 5.68. The Hall–Kier alpha value is -1.61. The Kier molecular flexibility index (Phi) is 3.75. The molecule has 0 amide bonds. The lowest BCUT2D eigenvalue weighted by Crippen LogP contribution is -2.36. The quantitative estimate of drug-likeness (QED) is 0.923. The van der Waals surface area contributed by atoms with Crippen molar-refractivity contribution >= 4 is 0 Å². The molecule has 1 aromatic carbocycles. The minimum Gasteiger partial charge on any atom is -0.323 e. The molecule has 22 heavy (non-hydrogen) atoms. The SMILES string of the molecule is CNC(CC1c2ccccc2-c2cncn21)C1CCCCC1. The van der Waals surface area contributed by atoms with Gasteiger partial charge in [0.05, 0.1) is 24.3 Å². The molecule has 2 aromatic rings. The molecule has 0 saturated heterocycles. The van der Waals surface area contributed by atoms with E-state index in [1.807, 2.05) is 12.5 Å². The van der Waals surface area contributed by atoms with Crippen LogP contribution < -0.4 is 5.32 Å². The molecule has 2 unspecified atom stereocenters. The van der Waals surface area contributed by atoms with Crippen molar-refractivity contribution in [2.45, 2.75) is 50.6 Å². The van der Waals surface area contributed by atoms with Gasteiger partial charge in [0.1, 0.15) is 0 Å². The van der Waals surface area contributed by atoms with E-state index in [1.165, 1.54) is 55.3 Å². The minimum absolute atomic E-state index is 0.438. The molecule has 116 valence electrons. The average Bonchev–Trinajstić information content (AvgIpc) is 3.15. The number of aromatic nitrogens is 2. The summed E-state index contributed by atoms with van der Waals surface area (Å²) < 4.78 is 2.37. The van der Waals surface area contributed by atoms with E-state index in [4.69, 9.17) is 0 Å². The van der Waals surface area contributed by atoms with Gasteiger partial charge in [-0.1, -0.05) is 43.5 Å². The van der Waals surface area contributed by atoms with Gasteiger partial charge in [0.2, 0.25) is 0 Å². The summed E-state index contributed by atoms with van der Waals surface area (Å²) in [7, 11) is 2.13. The van der Waals surface area contributed by atoms with Crippen LogP contribution in [0.1, 0.15) is 50.1 Å². The fourth-order valence-electron chi connectivity index (χ4n) is 4.50. The van der Waals surface area contributed by atoms with Gasteiger partial charge in [-0.15, -0.1) is 0 Å². The van der Waals surface area contributed by atoms with E-state index < -0.39 is 0 Å². The van der Waals surface area contributed by atoms with Crippen molar-refractivity contribution in [1.82, 2.24) is 14.9 Å². The zero-order valence-electron chi connectivity index (χ0n) is 13.3. The number of hydrogen-bond acceptors (Lipinski definition) is 2. The Balaban J connectivity index is 1.62. The lowest BCUT2D eigenvalue weighted by Gasteiger charge is -2.32. The van der Waals surface area contributed by atoms with Gasteiger partial charge in [0.15, 0.2) is 0 Å². The van der Waals surface area contributed by atoms with Crippen molar-refractivity contribution in [2.24, 2.45) is 5.92 Å². The molecular weight excluding hydrogens is 270 g/mol. The minimum atomic E-state index is 0.438.